The molecule has 0 amide bonds. The third-order valence-electron chi connectivity index (χ3n) is 2.72. The molecule has 5 heteroatoms. The number of anilines is 1. The highest BCUT2D eigenvalue weighted by Crippen LogP contribution is 2.25. The first-order valence-corrected chi connectivity index (χ1v) is 5.53. The maximum Gasteiger partial charge on any atom is 0.151 e. The van der Waals surface area contributed by atoms with E-state index in [2.05, 4.69) is 15.5 Å². The Bertz CT molecular complexity index is 317. The van der Waals surface area contributed by atoms with Crippen LogP contribution in [-0.4, -0.2) is 28.0 Å². The number of nitrogens with one attached hydrogen (secondary N) is 1. The zero-order valence-corrected chi connectivity index (χ0v) is 9.11. The molecule has 4 nitrogen and oxygen atoms in total. The van der Waals surface area contributed by atoms with E-state index in [4.69, 9.17) is 11.6 Å². The van der Waals surface area contributed by atoms with Gasteiger partial charge < -0.3 is 10.4 Å². The molecule has 1 saturated carbocycles. The molecule has 1 aliphatic rings. The quantitative estimate of drug-likeness (QED) is 0.826. The van der Waals surface area contributed by atoms with Crippen LogP contribution in [-0.2, 0) is 0 Å². The molecule has 0 aliphatic heterocycles. The van der Waals surface area contributed by atoms with Gasteiger partial charge in [0.2, 0.25) is 0 Å². The molecular formula is C10H14ClN3O. The fraction of sp³-hybridized carbons (Fsp3) is 0.600. The number of hydrogen-bond donors (Lipinski definition) is 2. The zero-order valence-electron chi connectivity index (χ0n) is 8.36. The molecule has 82 valence electrons. The van der Waals surface area contributed by atoms with E-state index in [9.17, 15) is 5.11 Å². The molecule has 1 fully saturated rings. The first kappa shape index (κ1) is 10.6. The standard InChI is InChI=1S/C10H14ClN3O/c11-9-3-4-10(14-13-9)12-6-7-1-2-8(15)5-7/h3-4,7-8,15H,1-2,5-6H2,(H,12,14). The van der Waals surface area contributed by atoms with Crippen molar-refractivity contribution < 1.29 is 5.11 Å². The summed E-state index contributed by atoms with van der Waals surface area (Å²) in [6, 6.07) is 3.51. The van der Waals surface area contributed by atoms with Gasteiger partial charge in [0.05, 0.1) is 6.10 Å². The molecule has 15 heavy (non-hydrogen) atoms. The fourth-order valence-corrected chi connectivity index (χ4v) is 1.99. The summed E-state index contributed by atoms with van der Waals surface area (Å²) in [6.45, 7) is 0.841. The van der Waals surface area contributed by atoms with E-state index in [1.807, 2.05) is 0 Å². The van der Waals surface area contributed by atoms with Gasteiger partial charge in [-0.3, -0.25) is 0 Å². The molecule has 0 bridgehead atoms. The lowest BCUT2D eigenvalue weighted by molar-refractivity contribution is 0.178. The van der Waals surface area contributed by atoms with E-state index >= 15 is 0 Å². The molecule has 2 rings (SSSR count). The van der Waals surface area contributed by atoms with Crippen molar-refractivity contribution in [2.24, 2.45) is 5.92 Å². The fourth-order valence-electron chi connectivity index (χ4n) is 1.89. The maximum absolute atomic E-state index is 9.36. The van der Waals surface area contributed by atoms with Gasteiger partial charge in [-0.15, -0.1) is 10.2 Å². The van der Waals surface area contributed by atoms with Gasteiger partial charge in [0.15, 0.2) is 5.15 Å². The average molecular weight is 228 g/mol. The molecule has 1 aromatic rings. The molecule has 0 spiro atoms. The second-order valence-electron chi connectivity index (χ2n) is 3.96. The van der Waals surface area contributed by atoms with Crippen LogP contribution in [0, 0.1) is 5.92 Å². The summed E-state index contributed by atoms with van der Waals surface area (Å²) < 4.78 is 0. The van der Waals surface area contributed by atoms with E-state index in [-0.39, 0.29) is 6.10 Å². The number of rotatable bonds is 3. The van der Waals surface area contributed by atoms with Gasteiger partial charge >= 0.3 is 0 Å². The minimum absolute atomic E-state index is 0.117. The first-order valence-electron chi connectivity index (χ1n) is 5.15. The molecule has 1 heterocycles. The predicted molar refractivity (Wildman–Crippen MR) is 58.9 cm³/mol. The molecule has 0 saturated heterocycles. The van der Waals surface area contributed by atoms with Crippen LogP contribution in [0.1, 0.15) is 19.3 Å². The highest BCUT2D eigenvalue weighted by molar-refractivity contribution is 6.29. The number of halogens is 1. The second kappa shape index (κ2) is 4.77. The summed E-state index contributed by atoms with van der Waals surface area (Å²) in [7, 11) is 0. The summed E-state index contributed by atoms with van der Waals surface area (Å²) in [5.41, 5.74) is 0. The number of hydrogen-bond acceptors (Lipinski definition) is 4. The van der Waals surface area contributed by atoms with Crippen molar-refractivity contribution in [2.75, 3.05) is 11.9 Å². The van der Waals surface area contributed by atoms with Crippen molar-refractivity contribution in [3.8, 4) is 0 Å². The highest BCUT2D eigenvalue weighted by Gasteiger charge is 2.22. The summed E-state index contributed by atoms with van der Waals surface area (Å²) >= 11 is 5.62. The van der Waals surface area contributed by atoms with Gasteiger partial charge in [-0.1, -0.05) is 11.6 Å². The molecule has 1 aromatic heterocycles. The van der Waals surface area contributed by atoms with Crippen molar-refractivity contribution in [1.82, 2.24) is 10.2 Å². The van der Waals surface area contributed by atoms with Crippen LogP contribution in [0.25, 0.3) is 0 Å². The van der Waals surface area contributed by atoms with E-state index in [0.29, 0.717) is 11.1 Å². The Hall–Kier alpha value is -0.870. The van der Waals surface area contributed by atoms with Gasteiger partial charge in [-0.25, -0.2) is 0 Å². The van der Waals surface area contributed by atoms with Gasteiger partial charge in [0.25, 0.3) is 0 Å². The van der Waals surface area contributed by atoms with Crippen molar-refractivity contribution in [1.29, 1.82) is 0 Å². The Morgan fingerprint density at radius 1 is 1.40 bits per heavy atom. The lowest BCUT2D eigenvalue weighted by Crippen LogP contribution is -2.13. The molecular weight excluding hydrogens is 214 g/mol. The third-order valence-corrected chi connectivity index (χ3v) is 2.92. The van der Waals surface area contributed by atoms with E-state index in [1.54, 1.807) is 12.1 Å². The monoisotopic (exact) mass is 227 g/mol. The topological polar surface area (TPSA) is 58.0 Å². The molecule has 1 aliphatic carbocycles. The second-order valence-corrected chi connectivity index (χ2v) is 4.34. The van der Waals surface area contributed by atoms with Crippen LogP contribution < -0.4 is 5.32 Å². The van der Waals surface area contributed by atoms with Crippen LogP contribution in [0.4, 0.5) is 5.82 Å². The van der Waals surface area contributed by atoms with E-state index in [1.165, 1.54) is 0 Å². The Balaban J connectivity index is 1.80. The third kappa shape index (κ3) is 3.04. The lowest BCUT2D eigenvalue weighted by atomic mass is 10.1. The van der Waals surface area contributed by atoms with Gasteiger partial charge in [-0.05, 0) is 37.3 Å². The number of nitrogens with zero attached hydrogens (tertiary/aromatic N) is 2. The molecule has 0 aromatic carbocycles. The minimum atomic E-state index is -0.117. The van der Waals surface area contributed by atoms with Crippen LogP contribution in [0.15, 0.2) is 12.1 Å². The normalized spacial score (nSPS) is 25.5. The summed E-state index contributed by atoms with van der Waals surface area (Å²) in [5, 5.41) is 20.6. The van der Waals surface area contributed by atoms with Crippen molar-refractivity contribution >= 4 is 17.4 Å². The smallest absolute Gasteiger partial charge is 0.151 e. The average Bonchev–Trinajstić information content (AvgIpc) is 2.64. The first-order chi connectivity index (χ1) is 7.24. The van der Waals surface area contributed by atoms with Gasteiger partial charge in [0, 0.05) is 6.54 Å². The van der Waals surface area contributed by atoms with Crippen molar-refractivity contribution in [3.63, 3.8) is 0 Å². The van der Waals surface area contributed by atoms with Crippen LogP contribution in [0.3, 0.4) is 0 Å². The molecule has 2 atom stereocenters. The number of aromatic nitrogens is 2. The Morgan fingerprint density at radius 3 is 2.87 bits per heavy atom. The Morgan fingerprint density at radius 2 is 2.27 bits per heavy atom. The molecule has 2 unspecified atom stereocenters. The SMILES string of the molecule is OC1CCC(CNc2ccc(Cl)nn2)C1. The van der Waals surface area contributed by atoms with Crippen LogP contribution >= 0.6 is 11.6 Å². The minimum Gasteiger partial charge on any atom is -0.393 e. The van der Waals surface area contributed by atoms with Gasteiger partial charge in [-0.2, -0.15) is 0 Å². The van der Waals surface area contributed by atoms with Crippen molar-refractivity contribution in [3.05, 3.63) is 17.3 Å². The maximum atomic E-state index is 9.36. The summed E-state index contributed by atoms with van der Waals surface area (Å²) in [6.07, 6.45) is 2.76. The Labute approximate surface area is 93.7 Å². The summed E-state index contributed by atoms with van der Waals surface area (Å²) in [5.74, 6) is 1.28. The van der Waals surface area contributed by atoms with Crippen LogP contribution in [0.5, 0.6) is 0 Å². The van der Waals surface area contributed by atoms with E-state index in [0.717, 1.165) is 31.6 Å². The largest absolute Gasteiger partial charge is 0.393 e. The van der Waals surface area contributed by atoms with Crippen molar-refractivity contribution in [2.45, 2.75) is 25.4 Å². The molecule has 0 radical (unpaired) electrons. The van der Waals surface area contributed by atoms with Gasteiger partial charge in [0.1, 0.15) is 5.82 Å². The highest BCUT2D eigenvalue weighted by atomic mass is 35.5. The Kier molecular flexibility index (Phi) is 3.38. The zero-order chi connectivity index (χ0) is 10.7. The predicted octanol–water partition coefficient (Wildman–Crippen LogP) is 1.70. The number of aliphatic hydroxyl groups excluding tert-OH is 1. The number of aliphatic hydroxyl groups is 1. The summed E-state index contributed by atoms with van der Waals surface area (Å²) in [4.78, 5) is 0. The molecule has 2 N–H and O–H groups in total. The van der Waals surface area contributed by atoms with Crippen LogP contribution in [0.2, 0.25) is 5.15 Å². The lowest BCUT2D eigenvalue weighted by Gasteiger charge is -2.10. The van der Waals surface area contributed by atoms with E-state index < -0.39 is 0 Å².